The van der Waals surface area contributed by atoms with Gasteiger partial charge in [0.25, 0.3) is 0 Å². The van der Waals surface area contributed by atoms with E-state index in [9.17, 15) is 0 Å². The van der Waals surface area contributed by atoms with Crippen LogP contribution in [0.5, 0.6) is 0 Å². The molecular formula is C14H8ClN3. The Morgan fingerprint density at radius 2 is 1.67 bits per heavy atom. The van der Waals surface area contributed by atoms with Crippen LogP contribution in [-0.4, -0.2) is 0 Å². The first kappa shape index (κ1) is 12.0. The Morgan fingerprint density at radius 3 is 2.28 bits per heavy atom. The molecule has 0 radical (unpaired) electrons. The molecule has 2 aromatic carbocycles. The van der Waals surface area contributed by atoms with E-state index in [0.717, 1.165) is 5.69 Å². The number of nitriles is 2. The molecule has 0 aliphatic carbocycles. The number of benzene rings is 2. The van der Waals surface area contributed by atoms with Crippen LogP contribution in [0.1, 0.15) is 11.1 Å². The molecule has 0 aliphatic rings. The number of nitrogens with one attached hydrogen (secondary N) is 1. The third kappa shape index (κ3) is 2.60. The quantitative estimate of drug-likeness (QED) is 0.885. The van der Waals surface area contributed by atoms with E-state index >= 15 is 0 Å². The zero-order valence-corrected chi connectivity index (χ0v) is 10.1. The SMILES string of the molecule is N#Cc1ccc(Nc2cc(Cl)ccc2C#N)cc1. The molecule has 4 heteroatoms. The molecule has 0 spiro atoms. The standard InChI is InChI=1S/C14H8ClN3/c15-12-4-3-11(9-17)14(7-12)18-13-5-1-10(8-16)2-6-13/h1-7,18H. The molecule has 86 valence electrons. The lowest BCUT2D eigenvalue weighted by atomic mass is 10.1. The van der Waals surface area contributed by atoms with Gasteiger partial charge in [0.2, 0.25) is 0 Å². The fourth-order valence-electron chi connectivity index (χ4n) is 1.50. The van der Waals surface area contributed by atoms with E-state index in [0.29, 0.717) is 21.8 Å². The topological polar surface area (TPSA) is 59.6 Å². The maximum Gasteiger partial charge on any atom is 0.101 e. The lowest BCUT2D eigenvalue weighted by molar-refractivity contribution is 1.45. The zero-order valence-electron chi connectivity index (χ0n) is 9.31. The van der Waals surface area contributed by atoms with Crippen LogP contribution in [0.4, 0.5) is 11.4 Å². The third-order valence-electron chi connectivity index (χ3n) is 2.40. The average Bonchev–Trinajstić information content (AvgIpc) is 2.40. The first-order valence-electron chi connectivity index (χ1n) is 5.20. The van der Waals surface area contributed by atoms with Gasteiger partial charge in [-0.25, -0.2) is 0 Å². The Morgan fingerprint density at radius 1 is 0.944 bits per heavy atom. The summed E-state index contributed by atoms with van der Waals surface area (Å²) >= 11 is 5.90. The van der Waals surface area contributed by atoms with Gasteiger partial charge in [0.05, 0.1) is 22.9 Å². The summed E-state index contributed by atoms with van der Waals surface area (Å²) in [4.78, 5) is 0. The van der Waals surface area contributed by atoms with Gasteiger partial charge in [-0.3, -0.25) is 0 Å². The number of hydrogen-bond acceptors (Lipinski definition) is 3. The van der Waals surface area contributed by atoms with E-state index < -0.39 is 0 Å². The number of halogens is 1. The Balaban J connectivity index is 2.31. The van der Waals surface area contributed by atoms with E-state index in [4.69, 9.17) is 22.1 Å². The monoisotopic (exact) mass is 253 g/mol. The molecule has 0 bridgehead atoms. The highest BCUT2D eigenvalue weighted by Gasteiger charge is 2.03. The van der Waals surface area contributed by atoms with Crippen molar-refractivity contribution in [2.75, 3.05) is 5.32 Å². The number of hydrogen-bond donors (Lipinski definition) is 1. The molecule has 0 saturated heterocycles. The summed E-state index contributed by atoms with van der Waals surface area (Å²) in [5, 5.41) is 21.4. The van der Waals surface area contributed by atoms with Gasteiger partial charge < -0.3 is 5.32 Å². The molecule has 0 aromatic heterocycles. The van der Waals surface area contributed by atoms with Gasteiger partial charge in [0.15, 0.2) is 0 Å². The van der Waals surface area contributed by atoms with Crippen LogP contribution in [0.15, 0.2) is 42.5 Å². The molecule has 18 heavy (non-hydrogen) atoms. The largest absolute Gasteiger partial charge is 0.354 e. The fourth-order valence-corrected chi connectivity index (χ4v) is 1.67. The second kappa shape index (κ2) is 5.23. The van der Waals surface area contributed by atoms with Crippen LogP contribution in [0.2, 0.25) is 5.02 Å². The van der Waals surface area contributed by atoms with Crippen molar-refractivity contribution in [1.82, 2.24) is 0 Å². The third-order valence-corrected chi connectivity index (χ3v) is 2.63. The van der Waals surface area contributed by atoms with E-state index in [1.54, 1.807) is 42.5 Å². The van der Waals surface area contributed by atoms with Gasteiger partial charge >= 0.3 is 0 Å². The Labute approximate surface area is 110 Å². The van der Waals surface area contributed by atoms with E-state index in [1.807, 2.05) is 6.07 Å². The molecule has 2 aromatic rings. The number of anilines is 2. The molecule has 0 heterocycles. The average molecular weight is 254 g/mol. The van der Waals surface area contributed by atoms with Crippen LogP contribution in [0.3, 0.4) is 0 Å². The molecule has 0 aliphatic heterocycles. The molecule has 0 amide bonds. The van der Waals surface area contributed by atoms with Crippen LogP contribution in [0.25, 0.3) is 0 Å². The van der Waals surface area contributed by atoms with Gasteiger partial charge in [-0.2, -0.15) is 10.5 Å². The van der Waals surface area contributed by atoms with Crippen LogP contribution >= 0.6 is 11.6 Å². The van der Waals surface area contributed by atoms with Crippen molar-refractivity contribution in [2.45, 2.75) is 0 Å². The Hall–Kier alpha value is -2.49. The first-order valence-corrected chi connectivity index (χ1v) is 5.57. The summed E-state index contributed by atoms with van der Waals surface area (Å²) in [5.41, 5.74) is 2.55. The summed E-state index contributed by atoms with van der Waals surface area (Å²) in [6, 6.07) is 16.1. The van der Waals surface area contributed by atoms with Crippen molar-refractivity contribution in [3.05, 3.63) is 58.6 Å². The molecule has 1 N–H and O–H groups in total. The molecule has 2 rings (SSSR count). The van der Waals surface area contributed by atoms with Crippen molar-refractivity contribution >= 4 is 23.0 Å². The normalized spacial score (nSPS) is 9.28. The van der Waals surface area contributed by atoms with E-state index in [-0.39, 0.29) is 0 Å². The van der Waals surface area contributed by atoms with E-state index in [2.05, 4.69) is 11.4 Å². The maximum atomic E-state index is 8.99. The predicted molar refractivity (Wildman–Crippen MR) is 70.6 cm³/mol. The van der Waals surface area contributed by atoms with Crippen molar-refractivity contribution < 1.29 is 0 Å². The summed E-state index contributed by atoms with van der Waals surface area (Å²) in [5.74, 6) is 0. The Kier molecular flexibility index (Phi) is 3.48. The minimum atomic E-state index is 0.517. The van der Waals surface area contributed by atoms with Crippen LogP contribution < -0.4 is 5.32 Å². The van der Waals surface area contributed by atoms with Crippen molar-refractivity contribution in [3.8, 4) is 12.1 Å². The van der Waals surface area contributed by atoms with Crippen LogP contribution in [0, 0.1) is 22.7 Å². The lowest BCUT2D eigenvalue weighted by Crippen LogP contribution is -1.93. The first-order chi connectivity index (χ1) is 8.72. The smallest absolute Gasteiger partial charge is 0.101 e. The molecule has 3 nitrogen and oxygen atoms in total. The molecule has 0 unspecified atom stereocenters. The van der Waals surface area contributed by atoms with Gasteiger partial charge in [0, 0.05) is 10.7 Å². The molecule has 0 saturated carbocycles. The van der Waals surface area contributed by atoms with Crippen molar-refractivity contribution in [3.63, 3.8) is 0 Å². The predicted octanol–water partition coefficient (Wildman–Crippen LogP) is 3.83. The minimum absolute atomic E-state index is 0.517. The molecule has 0 fully saturated rings. The summed E-state index contributed by atoms with van der Waals surface area (Å²) in [6.07, 6.45) is 0. The van der Waals surface area contributed by atoms with Gasteiger partial charge in [0.1, 0.15) is 6.07 Å². The fraction of sp³-hybridized carbons (Fsp3) is 0. The highest BCUT2D eigenvalue weighted by atomic mass is 35.5. The molecular weight excluding hydrogens is 246 g/mol. The zero-order chi connectivity index (χ0) is 13.0. The highest BCUT2D eigenvalue weighted by Crippen LogP contribution is 2.24. The number of rotatable bonds is 2. The number of nitrogens with zero attached hydrogens (tertiary/aromatic N) is 2. The maximum absolute atomic E-state index is 8.99. The summed E-state index contributed by atoms with van der Waals surface area (Å²) in [7, 11) is 0. The van der Waals surface area contributed by atoms with E-state index in [1.165, 1.54) is 0 Å². The van der Waals surface area contributed by atoms with Crippen molar-refractivity contribution in [1.29, 1.82) is 10.5 Å². The van der Waals surface area contributed by atoms with Crippen LogP contribution in [-0.2, 0) is 0 Å². The lowest BCUT2D eigenvalue weighted by Gasteiger charge is -2.08. The summed E-state index contributed by atoms with van der Waals surface area (Å²) < 4.78 is 0. The minimum Gasteiger partial charge on any atom is -0.354 e. The summed E-state index contributed by atoms with van der Waals surface area (Å²) in [6.45, 7) is 0. The van der Waals surface area contributed by atoms with Gasteiger partial charge in [-0.1, -0.05) is 11.6 Å². The Bertz CT molecular complexity index is 648. The molecule has 0 atom stereocenters. The van der Waals surface area contributed by atoms with Gasteiger partial charge in [-0.15, -0.1) is 0 Å². The second-order valence-electron chi connectivity index (χ2n) is 3.62. The second-order valence-corrected chi connectivity index (χ2v) is 4.05. The van der Waals surface area contributed by atoms with Crippen molar-refractivity contribution in [2.24, 2.45) is 0 Å². The van der Waals surface area contributed by atoms with Gasteiger partial charge in [-0.05, 0) is 42.5 Å². The highest BCUT2D eigenvalue weighted by molar-refractivity contribution is 6.30.